The number of rotatable bonds is 2. The summed E-state index contributed by atoms with van der Waals surface area (Å²) in [6.07, 6.45) is 3.69. The van der Waals surface area contributed by atoms with Crippen molar-refractivity contribution in [1.29, 1.82) is 0 Å². The molecule has 4 aromatic rings. The van der Waals surface area contributed by atoms with Gasteiger partial charge in [0.2, 0.25) is 0 Å². The molecule has 0 unspecified atom stereocenters. The van der Waals surface area contributed by atoms with E-state index >= 15 is 0 Å². The van der Waals surface area contributed by atoms with Gasteiger partial charge in [0.15, 0.2) is 0 Å². The van der Waals surface area contributed by atoms with Crippen molar-refractivity contribution >= 4 is 10.8 Å². The van der Waals surface area contributed by atoms with Crippen LogP contribution >= 0.6 is 0 Å². The second-order valence-electron chi connectivity index (χ2n) is 6.17. The van der Waals surface area contributed by atoms with Crippen molar-refractivity contribution in [2.45, 2.75) is 6.92 Å². The number of nitrogens with zero attached hydrogens (tertiary/aromatic N) is 2. The zero-order chi connectivity index (χ0) is 16.5. The molecule has 1 heterocycles. The van der Waals surface area contributed by atoms with Crippen molar-refractivity contribution in [3.63, 3.8) is 0 Å². The minimum Gasteiger partial charge on any atom is -0.233 e. The van der Waals surface area contributed by atoms with Crippen molar-refractivity contribution < 1.29 is 4.57 Å². The molecule has 1 aromatic heterocycles. The van der Waals surface area contributed by atoms with Gasteiger partial charge in [-0.15, -0.1) is 0 Å². The van der Waals surface area contributed by atoms with E-state index < -0.39 is 0 Å². The van der Waals surface area contributed by atoms with Crippen LogP contribution in [0.25, 0.3) is 33.2 Å². The summed E-state index contributed by atoms with van der Waals surface area (Å²) in [6, 6.07) is 23.9. The van der Waals surface area contributed by atoms with Gasteiger partial charge in [-0.05, 0) is 46.5 Å². The van der Waals surface area contributed by atoms with Crippen LogP contribution in [-0.2, 0) is 7.05 Å². The Kier molecular flexibility index (Phi) is 3.58. The van der Waals surface area contributed by atoms with Crippen LogP contribution in [0.4, 0.5) is 0 Å². The first kappa shape index (κ1) is 14.6. The average Bonchev–Trinajstić information content (AvgIpc) is 2.62. The zero-order valence-electron chi connectivity index (χ0n) is 13.9. The van der Waals surface area contributed by atoms with Gasteiger partial charge >= 0.3 is 0 Å². The molecule has 0 aliphatic heterocycles. The van der Waals surface area contributed by atoms with Crippen molar-refractivity contribution in [3.8, 4) is 22.4 Å². The van der Waals surface area contributed by atoms with E-state index in [1.54, 1.807) is 0 Å². The molecule has 0 aliphatic rings. The summed E-state index contributed by atoms with van der Waals surface area (Å²) >= 11 is 0. The van der Waals surface area contributed by atoms with Gasteiger partial charge in [-0.2, -0.15) is 0 Å². The first-order valence-corrected chi connectivity index (χ1v) is 8.12. The quantitative estimate of drug-likeness (QED) is 0.490. The molecule has 2 nitrogen and oxygen atoms in total. The third kappa shape index (κ3) is 2.56. The van der Waals surface area contributed by atoms with E-state index in [1.807, 2.05) is 19.6 Å². The van der Waals surface area contributed by atoms with Gasteiger partial charge in [0.1, 0.15) is 11.9 Å². The first-order chi connectivity index (χ1) is 11.7. The van der Waals surface area contributed by atoms with E-state index in [-0.39, 0.29) is 0 Å². The molecular formula is C22H19N2+. The molecule has 0 bridgehead atoms. The predicted octanol–water partition coefficient (Wildman–Crippen LogP) is 4.70. The van der Waals surface area contributed by atoms with Gasteiger partial charge in [-0.3, -0.25) is 0 Å². The lowest BCUT2D eigenvalue weighted by Crippen LogP contribution is -2.31. The van der Waals surface area contributed by atoms with Crippen LogP contribution in [0.2, 0.25) is 0 Å². The summed E-state index contributed by atoms with van der Waals surface area (Å²) < 4.78 is 2.06. The summed E-state index contributed by atoms with van der Waals surface area (Å²) in [5.41, 5.74) is 6.15. The van der Waals surface area contributed by atoms with E-state index in [1.165, 1.54) is 38.7 Å². The molecule has 24 heavy (non-hydrogen) atoms. The third-order valence-corrected chi connectivity index (χ3v) is 4.53. The summed E-state index contributed by atoms with van der Waals surface area (Å²) in [5.74, 6) is 0. The van der Waals surface area contributed by atoms with Gasteiger partial charge in [0.25, 0.3) is 6.33 Å². The highest BCUT2D eigenvalue weighted by atomic mass is 15.0. The fraction of sp³-hybridized carbons (Fsp3) is 0.0909. The maximum atomic E-state index is 4.18. The molecule has 2 heteroatoms. The van der Waals surface area contributed by atoms with E-state index in [9.17, 15) is 0 Å². The number of benzene rings is 3. The fourth-order valence-corrected chi connectivity index (χ4v) is 3.16. The van der Waals surface area contributed by atoms with Gasteiger partial charge in [-0.1, -0.05) is 53.5 Å². The van der Waals surface area contributed by atoms with Crippen molar-refractivity contribution in [2.75, 3.05) is 0 Å². The maximum Gasteiger partial charge on any atom is 0.286 e. The smallest absolute Gasteiger partial charge is 0.233 e. The summed E-state index contributed by atoms with van der Waals surface area (Å²) in [6.45, 7) is 2.15. The van der Waals surface area contributed by atoms with E-state index in [4.69, 9.17) is 0 Å². The summed E-state index contributed by atoms with van der Waals surface area (Å²) in [5, 5.41) is 2.54. The number of fused-ring (bicyclic) bond motifs is 1. The molecule has 0 atom stereocenters. The Morgan fingerprint density at radius 1 is 0.792 bits per heavy atom. The molecule has 4 rings (SSSR count). The van der Waals surface area contributed by atoms with Crippen molar-refractivity contribution in [2.24, 2.45) is 7.05 Å². The molecular weight excluding hydrogens is 292 g/mol. The number of hydrogen-bond donors (Lipinski definition) is 0. The summed E-state index contributed by atoms with van der Waals surface area (Å²) in [7, 11) is 2.03. The van der Waals surface area contributed by atoms with Crippen molar-refractivity contribution in [1.82, 2.24) is 4.98 Å². The monoisotopic (exact) mass is 311 g/mol. The van der Waals surface area contributed by atoms with Crippen LogP contribution in [0.5, 0.6) is 0 Å². The standard InChI is InChI=1S/C22H19N2/c1-16-7-8-20(14-21(16)22-11-12-23-15-24(22)2)19-10-9-17-5-3-4-6-18(17)13-19/h3-15H,1-2H3/q+1. The van der Waals surface area contributed by atoms with Gasteiger partial charge in [0, 0.05) is 11.6 Å². The van der Waals surface area contributed by atoms with Crippen LogP contribution in [0, 0.1) is 6.92 Å². The molecule has 0 amide bonds. The normalized spacial score (nSPS) is 10.9. The second kappa shape index (κ2) is 5.89. The van der Waals surface area contributed by atoms with E-state index in [2.05, 4.69) is 83.2 Å². The Labute approximate surface area is 142 Å². The molecule has 0 aliphatic carbocycles. The highest BCUT2D eigenvalue weighted by molar-refractivity contribution is 5.87. The van der Waals surface area contributed by atoms with Crippen molar-refractivity contribution in [3.05, 3.63) is 84.8 Å². The highest BCUT2D eigenvalue weighted by Crippen LogP contribution is 2.29. The topological polar surface area (TPSA) is 16.8 Å². The molecule has 3 aromatic carbocycles. The van der Waals surface area contributed by atoms with Crippen LogP contribution < -0.4 is 4.57 Å². The van der Waals surface area contributed by atoms with Crippen LogP contribution in [0.1, 0.15) is 5.56 Å². The molecule has 116 valence electrons. The minimum absolute atomic E-state index is 1.17. The number of aryl methyl sites for hydroxylation is 2. The van der Waals surface area contributed by atoms with Crippen LogP contribution in [0.3, 0.4) is 0 Å². The predicted molar refractivity (Wildman–Crippen MR) is 98.5 cm³/mol. The lowest BCUT2D eigenvalue weighted by Gasteiger charge is -2.10. The molecule has 0 saturated carbocycles. The highest BCUT2D eigenvalue weighted by Gasteiger charge is 2.11. The molecule has 0 fully saturated rings. The first-order valence-electron chi connectivity index (χ1n) is 8.12. The Balaban J connectivity index is 1.87. The Hall–Kier alpha value is -3.00. The molecule has 0 N–H and O–H groups in total. The lowest BCUT2D eigenvalue weighted by atomic mass is 9.96. The largest absolute Gasteiger partial charge is 0.286 e. The SMILES string of the molecule is Cc1ccc(-c2ccc3ccccc3c2)cc1-c1ccnc[n+]1C. The zero-order valence-corrected chi connectivity index (χ0v) is 13.9. The average molecular weight is 311 g/mol. The summed E-state index contributed by atoms with van der Waals surface area (Å²) in [4.78, 5) is 4.18. The minimum atomic E-state index is 1.17. The number of hydrogen-bond acceptors (Lipinski definition) is 1. The van der Waals surface area contributed by atoms with Gasteiger partial charge < -0.3 is 0 Å². The Morgan fingerprint density at radius 3 is 2.38 bits per heavy atom. The molecule has 0 saturated heterocycles. The van der Waals surface area contributed by atoms with Crippen LogP contribution in [-0.4, -0.2) is 4.98 Å². The van der Waals surface area contributed by atoms with Crippen LogP contribution in [0.15, 0.2) is 79.3 Å². The van der Waals surface area contributed by atoms with E-state index in [0.29, 0.717) is 0 Å². The molecule has 0 spiro atoms. The van der Waals surface area contributed by atoms with Gasteiger partial charge in [0.05, 0.1) is 7.05 Å². The molecule has 0 radical (unpaired) electrons. The third-order valence-electron chi connectivity index (χ3n) is 4.53. The Bertz CT molecular complexity index is 1030. The second-order valence-corrected chi connectivity index (χ2v) is 6.17. The maximum absolute atomic E-state index is 4.18. The van der Waals surface area contributed by atoms with E-state index in [0.717, 1.165) is 0 Å². The van der Waals surface area contributed by atoms with Gasteiger partial charge in [-0.25, -0.2) is 4.57 Å². The lowest BCUT2D eigenvalue weighted by molar-refractivity contribution is -0.663. The Morgan fingerprint density at radius 2 is 1.54 bits per heavy atom. The number of aromatic nitrogens is 2. The fourth-order valence-electron chi connectivity index (χ4n) is 3.16.